The summed E-state index contributed by atoms with van der Waals surface area (Å²) in [4.78, 5) is 5.74. The molecule has 0 aromatic carbocycles. The van der Waals surface area contributed by atoms with E-state index in [4.69, 9.17) is 0 Å². The van der Waals surface area contributed by atoms with Crippen LogP contribution >= 0.6 is 11.3 Å². The molecule has 0 radical (unpaired) electrons. The molecule has 3 heteroatoms. The van der Waals surface area contributed by atoms with Gasteiger partial charge in [0.15, 0.2) is 5.13 Å². The molecule has 1 fully saturated rings. The molecule has 0 bridgehead atoms. The van der Waals surface area contributed by atoms with Crippen molar-refractivity contribution in [1.29, 1.82) is 0 Å². The third-order valence-corrected chi connectivity index (χ3v) is 4.12. The van der Waals surface area contributed by atoms with Gasteiger partial charge in [0.25, 0.3) is 0 Å². The maximum Gasteiger partial charge on any atom is 0.182 e. The zero-order valence-corrected chi connectivity index (χ0v) is 9.95. The molecule has 1 saturated carbocycles. The Morgan fingerprint density at radius 2 is 2.29 bits per heavy atom. The molecule has 1 aromatic rings. The Hall–Kier alpha value is -0.570. The zero-order valence-electron chi connectivity index (χ0n) is 9.13. The van der Waals surface area contributed by atoms with Gasteiger partial charge in [-0.3, -0.25) is 0 Å². The second kappa shape index (κ2) is 3.54. The maximum absolute atomic E-state index is 4.38. The molecule has 78 valence electrons. The molecular formula is C11H18N2S. The summed E-state index contributed by atoms with van der Waals surface area (Å²) in [5.74, 6) is 0.597. The Morgan fingerprint density at radius 3 is 2.79 bits per heavy atom. The van der Waals surface area contributed by atoms with Crippen molar-refractivity contribution in [3.05, 3.63) is 11.1 Å². The van der Waals surface area contributed by atoms with Crippen molar-refractivity contribution < 1.29 is 0 Å². The smallest absolute Gasteiger partial charge is 0.182 e. The summed E-state index contributed by atoms with van der Waals surface area (Å²) < 4.78 is 0. The van der Waals surface area contributed by atoms with Crippen LogP contribution in [-0.4, -0.2) is 11.5 Å². The molecule has 0 saturated heterocycles. The second-order valence-electron chi connectivity index (χ2n) is 4.89. The van der Waals surface area contributed by atoms with Crippen LogP contribution in [0.2, 0.25) is 0 Å². The quantitative estimate of drug-likeness (QED) is 0.823. The van der Waals surface area contributed by atoms with Crippen LogP contribution in [0.3, 0.4) is 0 Å². The molecule has 0 unspecified atom stereocenters. The number of rotatable bonds is 4. The van der Waals surface area contributed by atoms with Crippen LogP contribution in [0.4, 0.5) is 5.13 Å². The average Bonchev–Trinajstić information content (AvgIpc) is 2.68. The van der Waals surface area contributed by atoms with E-state index in [2.05, 4.69) is 31.1 Å². The van der Waals surface area contributed by atoms with Crippen molar-refractivity contribution in [3.8, 4) is 0 Å². The highest BCUT2D eigenvalue weighted by Gasteiger charge is 2.36. The molecule has 1 N–H and O–H groups in total. The van der Waals surface area contributed by atoms with Gasteiger partial charge in [0.1, 0.15) is 0 Å². The number of hydrogen-bond acceptors (Lipinski definition) is 3. The van der Waals surface area contributed by atoms with Gasteiger partial charge in [-0.1, -0.05) is 20.8 Å². The Kier molecular flexibility index (Phi) is 2.52. The first-order chi connectivity index (χ1) is 6.59. The van der Waals surface area contributed by atoms with E-state index in [-0.39, 0.29) is 0 Å². The monoisotopic (exact) mass is 210 g/mol. The second-order valence-corrected chi connectivity index (χ2v) is 5.95. The largest absolute Gasteiger partial charge is 0.361 e. The van der Waals surface area contributed by atoms with E-state index in [1.165, 1.54) is 17.7 Å². The number of nitrogens with one attached hydrogen (secondary N) is 1. The minimum Gasteiger partial charge on any atom is -0.361 e. The van der Waals surface area contributed by atoms with Crippen molar-refractivity contribution in [2.45, 2.75) is 39.5 Å². The van der Waals surface area contributed by atoms with Gasteiger partial charge in [0.05, 0.1) is 0 Å². The van der Waals surface area contributed by atoms with Gasteiger partial charge >= 0.3 is 0 Å². The summed E-state index contributed by atoms with van der Waals surface area (Å²) >= 11 is 1.79. The van der Waals surface area contributed by atoms with E-state index in [9.17, 15) is 0 Å². The summed E-state index contributed by atoms with van der Waals surface area (Å²) in [7, 11) is 0. The van der Waals surface area contributed by atoms with Gasteiger partial charge in [0.2, 0.25) is 0 Å². The Morgan fingerprint density at radius 1 is 1.57 bits per heavy atom. The lowest BCUT2D eigenvalue weighted by Crippen LogP contribution is -2.11. The van der Waals surface area contributed by atoms with Crippen molar-refractivity contribution in [1.82, 2.24) is 4.98 Å². The van der Waals surface area contributed by atoms with Crippen LogP contribution in [0.25, 0.3) is 0 Å². The molecule has 2 nitrogen and oxygen atoms in total. The highest BCUT2D eigenvalue weighted by molar-refractivity contribution is 7.15. The lowest BCUT2D eigenvalue weighted by Gasteiger charge is -2.07. The molecule has 1 aromatic heterocycles. The van der Waals surface area contributed by atoms with Crippen molar-refractivity contribution >= 4 is 16.5 Å². The van der Waals surface area contributed by atoms with Crippen molar-refractivity contribution in [2.24, 2.45) is 5.41 Å². The summed E-state index contributed by atoms with van der Waals surface area (Å²) in [6, 6.07) is 0. The Balaban J connectivity index is 1.90. The van der Waals surface area contributed by atoms with Crippen LogP contribution in [0.5, 0.6) is 0 Å². The molecule has 14 heavy (non-hydrogen) atoms. The van der Waals surface area contributed by atoms with Gasteiger partial charge in [-0.2, -0.15) is 0 Å². The number of thiazole rings is 1. The first kappa shape index (κ1) is 9.97. The lowest BCUT2D eigenvalue weighted by atomic mass is 10.1. The fourth-order valence-electron chi connectivity index (χ4n) is 1.31. The maximum atomic E-state index is 4.38. The number of hydrogen-bond donors (Lipinski definition) is 1. The summed E-state index contributed by atoms with van der Waals surface area (Å²) in [5, 5.41) is 4.51. The predicted octanol–water partition coefficient (Wildman–Crippen LogP) is 3.48. The van der Waals surface area contributed by atoms with E-state index >= 15 is 0 Å². The van der Waals surface area contributed by atoms with Crippen LogP contribution in [0, 0.1) is 5.41 Å². The van der Waals surface area contributed by atoms with Gasteiger partial charge in [0, 0.05) is 17.6 Å². The number of nitrogens with zero attached hydrogens (tertiary/aromatic N) is 1. The van der Waals surface area contributed by atoms with Gasteiger partial charge in [-0.15, -0.1) is 11.3 Å². The molecule has 2 rings (SSSR count). The van der Waals surface area contributed by atoms with Crippen LogP contribution in [0.1, 0.15) is 44.4 Å². The first-order valence-electron chi connectivity index (χ1n) is 5.29. The molecule has 0 amide bonds. The summed E-state index contributed by atoms with van der Waals surface area (Å²) in [6.07, 6.45) is 4.72. The summed E-state index contributed by atoms with van der Waals surface area (Å²) in [6.45, 7) is 7.83. The SMILES string of the molecule is CC(C)c1cnc(NCC2(C)CC2)s1. The highest BCUT2D eigenvalue weighted by Crippen LogP contribution is 2.44. The van der Waals surface area contributed by atoms with Crippen LogP contribution in [0.15, 0.2) is 6.20 Å². The van der Waals surface area contributed by atoms with Crippen molar-refractivity contribution in [3.63, 3.8) is 0 Å². The molecule has 0 spiro atoms. The minimum absolute atomic E-state index is 0.559. The van der Waals surface area contributed by atoms with Gasteiger partial charge in [-0.25, -0.2) is 4.98 Å². The summed E-state index contributed by atoms with van der Waals surface area (Å²) in [5.41, 5.74) is 0.559. The van der Waals surface area contributed by atoms with Crippen LogP contribution in [-0.2, 0) is 0 Å². The average molecular weight is 210 g/mol. The fourth-order valence-corrected chi connectivity index (χ4v) is 2.13. The lowest BCUT2D eigenvalue weighted by molar-refractivity contribution is 0.610. The normalized spacial score (nSPS) is 18.6. The molecular weight excluding hydrogens is 192 g/mol. The van der Waals surface area contributed by atoms with E-state index in [1.807, 2.05) is 6.20 Å². The topological polar surface area (TPSA) is 24.9 Å². The van der Waals surface area contributed by atoms with Gasteiger partial charge in [-0.05, 0) is 24.2 Å². The molecule has 0 atom stereocenters. The van der Waals surface area contributed by atoms with E-state index in [1.54, 1.807) is 11.3 Å². The van der Waals surface area contributed by atoms with Gasteiger partial charge < -0.3 is 5.32 Å². The minimum atomic E-state index is 0.559. The molecule has 1 aliphatic rings. The standard InChI is InChI=1S/C11H18N2S/c1-8(2)9-6-12-10(14-9)13-7-11(3)4-5-11/h6,8H,4-5,7H2,1-3H3,(H,12,13). The molecule has 0 aliphatic heterocycles. The highest BCUT2D eigenvalue weighted by atomic mass is 32.1. The third kappa shape index (κ3) is 2.27. The first-order valence-corrected chi connectivity index (χ1v) is 6.10. The molecule has 1 heterocycles. The Labute approximate surface area is 89.8 Å². The fraction of sp³-hybridized carbons (Fsp3) is 0.727. The van der Waals surface area contributed by atoms with E-state index < -0.39 is 0 Å². The van der Waals surface area contributed by atoms with E-state index in [0.29, 0.717) is 11.3 Å². The van der Waals surface area contributed by atoms with Crippen molar-refractivity contribution in [2.75, 3.05) is 11.9 Å². The number of anilines is 1. The molecule has 1 aliphatic carbocycles. The number of aromatic nitrogens is 1. The zero-order chi connectivity index (χ0) is 10.2. The van der Waals surface area contributed by atoms with E-state index in [0.717, 1.165) is 11.7 Å². The Bertz CT molecular complexity index is 313. The van der Waals surface area contributed by atoms with Crippen LogP contribution < -0.4 is 5.32 Å². The third-order valence-electron chi connectivity index (χ3n) is 2.86. The predicted molar refractivity (Wildman–Crippen MR) is 62.0 cm³/mol.